The quantitative estimate of drug-likeness (QED) is 0.404. The maximum absolute atomic E-state index is 15.0. The molecule has 2 fully saturated rings. The molecule has 0 atom stereocenters. The number of nitrogens with zero attached hydrogens (tertiary/aromatic N) is 1. The first-order valence-corrected chi connectivity index (χ1v) is 13.6. The molecule has 2 aliphatic rings. The molecule has 0 unspecified atom stereocenters. The molecular weight excluding hydrogens is 525 g/mol. The van der Waals surface area contributed by atoms with E-state index in [2.05, 4.69) is 31.1 Å². The molecule has 1 aromatic heterocycles. The van der Waals surface area contributed by atoms with Crippen molar-refractivity contribution >= 4 is 42.4 Å². The Morgan fingerprint density at radius 2 is 1.74 bits per heavy atom. The molecule has 2 N–H and O–H groups in total. The van der Waals surface area contributed by atoms with Gasteiger partial charge in [-0.1, -0.05) is 0 Å². The summed E-state index contributed by atoms with van der Waals surface area (Å²) >= 11 is 3.21. The summed E-state index contributed by atoms with van der Waals surface area (Å²) in [5, 5.41) is 3.73. The summed E-state index contributed by atoms with van der Waals surface area (Å²) in [6, 6.07) is 6.83. The van der Waals surface area contributed by atoms with Gasteiger partial charge in [-0.2, -0.15) is 0 Å². The summed E-state index contributed by atoms with van der Waals surface area (Å²) in [5.41, 5.74) is 0.787. The van der Waals surface area contributed by atoms with Gasteiger partial charge in [-0.3, -0.25) is 0 Å². The van der Waals surface area contributed by atoms with Crippen LogP contribution in [0.1, 0.15) is 25.7 Å². The molecule has 182 valence electrons. The molecule has 0 bridgehead atoms. The summed E-state index contributed by atoms with van der Waals surface area (Å²) in [4.78, 5) is 5.58. The van der Waals surface area contributed by atoms with Crippen molar-refractivity contribution < 1.29 is 22.3 Å². The van der Waals surface area contributed by atoms with Crippen molar-refractivity contribution in [2.75, 3.05) is 32.6 Å². The summed E-state index contributed by atoms with van der Waals surface area (Å²) in [7, 11) is -0.940. The van der Waals surface area contributed by atoms with Gasteiger partial charge in [-0.25, -0.2) is 12.8 Å². The number of methoxy groups -OCH3 is 2. The van der Waals surface area contributed by atoms with E-state index in [1.54, 1.807) is 12.1 Å². The number of nitrogens with one attached hydrogen (secondary N) is 2. The number of halogens is 2. The van der Waals surface area contributed by atoms with E-state index >= 15 is 0 Å². The molecule has 0 radical (unpaired) electrons. The van der Waals surface area contributed by atoms with Crippen LogP contribution in [0.15, 0.2) is 44.7 Å². The molecule has 2 heterocycles. The lowest BCUT2D eigenvalue weighted by molar-refractivity contribution is 0.210. The van der Waals surface area contributed by atoms with Crippen molar-refractivity contribution in [2.45, 2.75) is 47.6 Å². The number of aromatic nitrogens is 1. The molecule has 34 heavy (non-hydrogen) atoms. The Labute approximate surface area is 206 Å². The molecule has 1 aliphatic carbocycles. The maximum Gasteiger partial charge on any atom is 0.208 e. The van der Waals surface area contributed by atoms with Gasteiger partial charge in [0, 0.05) is 42.8 Å². The molecule has 2 aromatic carbocycles. The van der Waals surface area contributed by atoms with Crippen LogP contribution in [0.4, 0.5) is 10.1 Å². The molecule has 0 spiro atoms. The van der Waals surface area contributed by atoms with Gasteiger partial charge in [-0.05, 0) is 59.8 Å². The third kappa shape index (κ3) is 4.27. The third-order valence-corrected chi connectivity index (χ3v) is 9.05. The van der Waals surface area contributed by atoms with E-state index in [1.165, 1.54) is 45.4 Å². The van der Waals surface area contributed by atoms with Crippen LogP contribution >= 0.6 is 15.9 Å². The number of benzene rings is 2. The van der Waals surface area contributed by atoms with E-state index in [4.69, 9.17) is 9.47 Å². The van der Waals surface area contributed by atoms with Crippen molar-refractivity contribution in [3.8, 4) is 11.5 Å². The Hall–Kier alpha value is -2.30. The van der Waals surface area contributed by atoms with E-state index in [0.717, 1.165) is 32.0 Å². The van der Waals surface area contributed by atoms with Crippen LogP contribution in [-0.2, 0) is 9.84 Å². The van der Waals surface area contributed by atoms with Gasteiger partial charge in [0.15, 0.2) is 17.3 Å². The van der Waals surface area contributed by atoms with Crippen LogP contribution in [0.2, 0.25) is 0 Å². The number of anilines is 1. The fraction of sp³-hybridized carbons (Fsp3) is 0.417. The van der Waals surface area contributed by atoms with E-state index in [-0.39, 0.29) is 26.0 Å². The monoisotopic (exact) mass is 551 g/mol. The normalized spacial score (nSPS) is 17.8. The van der Waals surface area contributed by atoms with Crippen molar-refractivity contribution in [3.63, 3.8) is 0 Å². The number of piperidine rings is 1. The van der Waals surface area contributed by atoms with Gasteiger partial charge in [0.05, 0.1) is 39.7 Å². The van der Waals surface area contributed by atoms with Crippen molar-refractivity contribution in [3.05, 3.63) is 40.8 Å². The van der Waals surface area contributed by atoms with Crippen LogP contribution in [0, 0.1) is 5.82 Å². The number of H-pyrrole nitrogens is 1. The molecule has 1 aliphatic heterocycles. The Morgan fingerprint density at radius 3 is 2.38 bits per heavy atom. The maximum atomic E-state index is 15.0. The number of aromatic amines is 1. The van der Waals surface area contributed by atoms with Gasteiger partial charge in [0.25, 0.3) is 0 Å². The minimum atomic E-state index is -3.95. The summed E-state index contributed by atoms with van der Waals surface area (Å²) < 4.78 is 53.0. The molecule has 5 rings (SSSR count). The highest BCUT2D eigenvalue weighted by Crippen LogP contribution is 2.38. The zero-order chi connectivity index (χ0) is 24.0. The van der Waals surface area contributed by atoms with E-state index in [9.17, 15) is 12.8 Å². The number of fused-ring (bicyclic) bond motifs is 1. The third-order valence-electron chi connectivity index (χ3n) is 6.70. The molecular formula is C24H27BrFN3O4S. The highest BCUT2D eigenvalue weighted by atomic mass is 79.9. The van der Waals surface area contributed by atoms with Gasteiger partial charge in [0.2, 0.25) is 9.84 Å². The Bertz CT molecular complexity index is 1330. The second-order valence-electron chi connectivity index (χ2n) is 8.86. The highest BCUT2D eigenvalue weighted by molar-refractivity contribution is 9.10. The topological polar surface area (TPSA) is 83.7 Å². The average Bonchev–Trinajstić information content (AvgIpc) is 3.60. The fourth-order valence-corrected chi connectivity index (χ4v) is 6.75. The number of likely N-dealkylation sites (tertiary alicyclic amines) is 1. The SMILES string of the molecule is COc1cc2[nH]cc(S(=O)(=O)c3cc(Br)c(F)c(NC4CCN(C5CC5)CC4)c3)c2cc1OC. The second kappa shape index (κ2) is 9.05. The Kier molecular flexibility index (Phi) is 6.24. The number of hydrogen-bond acceptors (Lipinski definition) is 6. The lowest BCUT2D eigenvalue weighted by Gasteiger charge is -2.33. The average molecular weight is 552 g/mol. The van der Waals surface area contributed by atoms with Crippen molar-refractivity contribution in [1.82, 2.24) is 9.88 Å². The zero-order valence-electron chi connectivity index (χ0n) is 19.0. The molecule has 10 heteroatoms. The second-order valence-corrected chi connectivity index (χ2v) is 11.6. The Morgan fingerprint density at radius 1 is 1.06 bits per heavy atom. The molecule has 1 saturated heterocycles. The summed E-state index contributed by atoms with van der Waals surface area (Å²) in [6.45, 7) is 1.95. The van der Waals surface area contributed by atoms with Crippen LogP contribution in [-0.4, -0.2) is 57.7 Å². The van der Waals surface area contributed by atoms with Crippen molar-refractivity contribution in [1.29, 1.82) is 0 Å². The van der Waals surface area contributed by atoms with E-state index in [1.807, 2.05) is 0 Å². The summed E-state index contributed by atoms with van der Waals surface area (Å²) in [5.74, 6) is 0.421. The minimum absolute atomic E-state index is 0.00868. The smallest absolute Gasteiger partial charge is 0.208 e. The lowest BCUT2D eigenvalue weighted by atomic mass is 10.0. The van der Waals surface area contributed by atoms with Gasteiger partial charge < -0.3 is 24.7 Å². The standard InChI is InChI=1S/C24H27BrFN3O4S/c1-32-21-11-17-19(12-22(21)33-2)27-13-23(17)34(30,31)16-9-18(25)24(26)20(10-16)28-14-5-7-29(8-6-14)15-3-4-15/h9-15,27-28H,3-8H2,1-2H3. The van der Waals surface area contributed by atoms with E-state index in [0.29, 0.717) is 22.4 Å². The lowest BCUT2D eigenvalue weighted by Crippen LogP contribution is -2.40. The highest BCUT2D eigenvalue weighted by Gasteiger charge is 2.32. The van der Waals surface area contributed by atoms with Crippen molar-refractivity contribution in [2.24, 2.45) is 0 Å². The largest absolute Gasteiger partial charge is 0.493 e. The number of sulfone groups is 1. The van der Waals surface area contributed by atoms with E-state index < -0.39 is 15.7 Å². The zero-order valence-corrected chi connectivity index (χ0v) is 21.4. The minimum Gasteiger partial charge on any atom is -0.493 e. The van der Waals surface area contributed by atoms with Gasteiger partial charge in [0.1, 0.15) is 0 Å². The molecule has 0 amide bonds. The number of rotatable bonds is 7. The predicted octanol–water partition coefficient (Wildman–Crippen LogP) is 4.96. The fourth-order valence-electron chi connectivity index (χ4n) is 4.67. The number of hydrogen-bond donors (Lipinski definition) is 2. The van der Waals surface area contributed by atoms with Crippen LogP contribution in [0.25, 0.3) is 10.9 Å². The van der Waals surface area contributed by atoms with Crippen LogP contribution in [0.5, 0.6) is 11.5 Å². The molecule has 1 saturated carbocycles. The first kappa shape index (κ1) is 23.4. The van der Waals surface area contributed by atoms with Gasteiger partial charge in [-0.15, -0.1) is 0 Å². The van der Waals surface area contributed by atoms with Crippen LogP contribution < -0.4 is 14.8 Å². The first-order valence-electron chi connectivity index (χ1n) is 11.3. The Balaban J connectivity index is 1.47. The first-order chi connectivity index (χ1) is 16.3. The molecule has 7 nitrogen and oxygen atoms in total. The summed E-state index contributed by atoms with van der Waals surface area (Å²) in [6.07, 6.45) is 5.78. The number of ether oxygens (including phenoxy) is 2. The van der Waals surface area contributed by atoms with Crippen LogP contribution in [0.3, 0.4) is 0 Å². The predicted molar refractivity (Wildman–Crippen MR) is 132 cm³/mol. The van der Waals surface area contributed by atoms with Gasteiger partial charge >= 0.3 is 0 Å². The molecule has 3 aromatic rings.